The molecule has 1 spiro atoms. The van der Waals surface area contributed by atoms with Crippen molar-refractivity contribution in [1.82, 2.24) is 49.0 Å². The van der Waals surface area contributed by atoms with E-state index in [2.05, 4.69) is 326 Å². The smallest absolute Gasteiger partial charge is 0.0839 e. The van der Waals surface area contributed by atoms with Gasteiger partial charge in [-0.05, 0) is 271 Å². The second-order valence-electron chi connectivity index (χ2n) is 39.2. The number of hydrogen-bond acceptors (Lipinski definition) is 12. The Labute approximate surface area is 682 Å². The zero-order valence-corrected chi connectivity index (χ0v) is 72.0. The fourth-order valence-corrected chi connectivity index (χ4v) is 27.0. The first-order valence-electron chi connectivity index (χ1n) is 44.9. The van der Waals surface area contributed by atoms with Crippen LogP contribution < -0.4 is 9.80 Å². The van der Waals surface area contributed by atoms with Crippen LogP contribution >= 0.6 is 0 Å². The van der Waals surface area contributed by atoms with Crippen molar-refractivity contribution in [3.8, 4) is 0 Å². The molecule has 20 atom stereocenters. The van der Waals surface area contributed by atoms with Gasteiger partial charge in [0.1, 0.15) is 0 Å². The van der Waals surface area contributed by atoms with E-state index in [4.69, 9.17) is 0 Å². The highest BCUT2D eigenvalue weighted by molar-refractivity contribution is 5.70. The van der Waals surface area contributed by atoms with Gasteiger partial charge in [-0.2, -0.15) is 0 Å². The molecule has 0 N–H and O–H groups in total. The molecule has 17 aliphatic heterocycles. The molecule has 0 amide bonds. The first-order valence-corrected chi connectivity index (χ1v) is 44.9. The summed E-state index contributed by atoms with van der Waals surface area (Å²) < 4.78 is 0. The van der Waals surface area contributed by atoms with Gasteiger partial charge >= 0.3 is 0 Å². The quantitative estimate of drug-likeness (QED) is 0.159. The van der Waals surface area contributed by atoms with Crippen LogP contribution in [0.5, 0.6) is 0 Å². The lowest BCUT2D eigenvalue weighted by atomic mass is 9.47. The number of aryl methyl sites for hydroxylation is 6. The maximum atomic E-state index is 3.03. The standard InChI is InChI=1S/C22H31N.C18H22N2.2C16H22N2.C15H21N3.C14H22N2/c1-16-8-4-5-9-20(16)21-13-18-12-19(14-21)22(10-6-3-7-11-22)23(15-18)17(21)2;1-14-8-4-6-10-17(14)20-15(2)19(3)13-12-16-9-5-7-11-18(16)20;2*1-12-5-3-4-6-15(12)16-7-14-8-17(10-16)11-18(9-14)13(16)2;1-12-5-3-4-6-14(12)15-7-16-9-17(8-15)11-18(10-16)13(15)2;1-12-8-4-5-9-14(12)16-11-7-6-10-15(3)13(16)2/h4-5,8-9,17-19H,3,6-7,10-15H2,1-2H3;4-11,15H,12-13H2,1-3H3;2*3-6,13-14H,7-11H2,1-2H3;3-6,13H,7-11H2,1-2H3;4-5,8-9,13H,6-7,10-11H2,1-3H3. The van der Waals surface area contributed by atoms with Gasteiger partial charge in [0.05, 0.1) is 45.7 Å². The maximum Gasteiger partial charge on any atom is 0.0839 e. The zero-order chi connectivity index (χ0) is 78.3. The SMILES string of the molecule is Cc1ccccc1C12CC3CC(C1)C1(CCCCC1)N(C3)C2C.Cc1ccccc1C12CC3CN(CN(C3)C1C)C2.Cc1ccccc1C12CC3CN(CN(C3)C1C)C2.Cc1ccccc1C12CN3CN(CN(C3)C1C)C2.Cc1ccccc1N1CCCCN(C)C1C.Cc1ccccc1N1c2ccccc2CCN(C)C1C. The molecule has 0 aromatic heterocycles. The minimum absolute atomic E-state index is 0.320. The summed E-state index contributed by atoms with van der Waals surface area (Å²) in [4.78, 5) is 31.5. The Morgan fingerprint density at radius 2 is 0.752 bits per heavy atom. The summed E-state index contributed by atoms with van der Waals surface area (Å²) in [6.07, 6.45) is 19.2. The lowest BCUT2D eigenvalue weighted by Gasteiger charge is -2.71. The van der Waals surface area contributed by atoms with E-state index in [1.807, 2.05) is 0 Å². The first kappa shape index (κ1) is 79.2. The summed E-state index contributed by atoms with van der Waals surface area (Å²) in [5, 5.41) is 0. The van der Waals surface area contributed by atoms with Gasteiger partial charge in [-0.25, -0.2) is 0 Å². The van der Waals surface area contributed by atoms with Crippen LogP contribution in [-0.2, 0) is 28.1 Å². The van der Waals surface area contributed by atoms with Crippen molar-refractivity contribution < 1.29 is 0 Å². The average molecular weight is 1520 g/mol. The van der Waals surface area contributed by atoms with Crippen LogP contribution in [-0.4, -0.2) is 217 Å². The number of anilines is 3. The number of benzene rings is 7. The Balaban J connectivity index is 0.0000000985. The van der Waals surface area contributed by atoms with Crippen LogP contribution in [0.2, 0.25) is 0 Å². The molecular formula is C101H140N12. The second kappa shape index (κ2) is 32.2. The van der Waals surface area contributed by atoms with Crippen LogP contribution in [0.4, 0.5) is 17.1 Å². The summed E-state index contributed by atoms with van der Waals surface area (Å²) in [5.74, 6) is 3.70. The predicted octanol–water partition coefficient (Wildman–Crippen LogP) is 17.8. The number of piperidine rings is 7. The molecule has 7 aromatic rings. The largest absolute Gasteiger partial charge is 0.356 e. The Morgan fingerprint density at radius 3 is 1.27 bits per heavy atom. The molecule has 16 bridgehead atoms. The minimum atomic E-state index is 0.320. The fraction of sp³-hybridized carbons (Fsp3) is 0.584. The molecule has 113 heavy (non-hydrogen) atoms. The number of hydrogen-bond donors (Lipinski definition) is 0. The molecule has 12 nitrogen and oxygen atoms in total. The van der Waals surface area contributed by atoms with E-state index in [1.54, 1.807) is 22.3 Å². The summed E-state index contributed by atoms with van der Waals surface area (Å²) in [5.41, 5.74) is 22.7. The van der Waals surface area contributed by atoms with Gasteiger partial charge in [0.15, 0.2) is 0 Å². The summed E-state index contributed by atoms with van der Waals surface area (Å²) in [7, 11) is 4.43. The molecule has 17 heterocycles. The van der Waals surface area contributed by atoms with Crippen LogP contribution in [0, 0.1) is 65.2 Å². The number of para-hydroxylation sites is 3. The molecule has 0 radical (unpaired) electrons. The van der Waals surface area contributed by atoms with Crippen LogP contribution in [0.25, 0.3) is 0 Å². The molecule has 7 aromatic carbocycles. The second-order valence-corrected chi connectivity index (χ2v) is 39.2. The van der Waals surface area contributed by atoms with E-state index < -0.39 is 0 Å². The molecule has 16 saturated heterocycles. The van der Waals surface area contributed by atoms with Gasteiger partial charge in [-0.3, -0.25) is 49.0 Å². The van der Waals surface area contributed by atoms with Crippen molar-refractivity contribution in [2.75, 3.05) is 136 Å². The van der Waals surface area contributed by atoms with E-state index in [0.29, 0.717) is 57.7 Å². The molecule has 26 rings (SSSR count). The Kier molecular flexibility index (Phi) is 22.6. The van der Waals surface area contributed by atoms with Crippen LogP contribution in [0.3, 0.4) is 0 Å². The molecule has 18 fully saturated rings. The van der Waals surface area contributed by atoms with Gasteiger partial charge in [0.2, 0.25) is 0 Å². The molecule has 2 saturated carbocycles. The fourth-order valence-electron chi connectivity index (χ4n) is 27.0. The van der Waals surface area contributed by atoms with Crippen molar-refractivity contribution in [2.24, 2.45) is 23.7 Å². The topological polar surface area (TPSA) is 38.9 Å². The highest BCUT2D eigenvalue weighted by Crippen LogP contribution is 2.64. The van der Waals surface area contributed by atoms with Crippen LogP contribution in [0.1, 0.15) is 180 Å². The summed E-state index contributed by atoms with van der Waals surface area (Å²) in [6.45, 7) is 49.1. The molecule has 2 aliphatic carbocycles. The lowest BCUT2D eigenvalue weighted by molar-refractivity contribution is -0.182. The van der Waals surface area contributed by atoms with Crippen molar-refractivity contribution in [3.05, 3.63) is 231 Å². The minimum Gasteiger partial charge on any atom is -0.356 e. The van der Waals surface area contributed by atoms with Gasteiger partial charge in [-0.1, -0.05) is 171 Å². The van der Waals surface area contributed by atoms with E-state index in [1.165, 1.54) is 218 Å². The van der Waals surface area contributed by atoms with E-state index in [0.717, 1.165) is 62.7 Å². The van der Waals surface area contributed by atoms with Gasteiger partial charge in [-0.15, -0.1) is 0 Å². The summed E-state index contributed by atoms with van der Waals surface area (Å²) >= 11 is 0. The first-order chi connectivity index (χ1) is 54.6. The van der Waals surface area contributed by atoms with Gasteiger partial charge in [0.25, 0.3) is 0 Å². The number of nitrogens with zero attached hydrogens (tertiary/aromatic N) is 12. The maximum absolute atomic E-state index is 3.03. The van der Waals surface area contributed by atoms with E-state index in [9.17, 15) is 0 Å². The van der Waals surface area contributed by atoms with Crippen LogP contribution in [0.15, 0.2) is 170 Å². The van der Waals surface area contributed by atoms with E-state index >= 15 is 0 Å². The van der Waals surface area contributed by atoms with Crippen molar-refractivity contribution in [3.63, 3.8) is 0 Å². The Morgan fingerprint density at radius 1 is 0.327 bits per heavy atom. The lowest BCUT2D eigenvalue weighted by Crippen LogP contribution is -2.77. The van der Waals surface area contributed by atoms with Crippen molar-refractivity contribution in [1.29, 1.82) is 0 Å². The zero-order valence-electron chi connectivity index (χ0n) is 72.0. The molecule has 604 valence electrons. The molecule has 19 aliphatic rings. The van der Waals surface area contributed by atoms with Crippen molar-refractivity contribution in [2.45, 2.75) is 230 Å². The summed E-state index contributed by atoms with van der Waals surface area (Å²) in [6, 6.07) is 65.3. The third-order valence-corrected chi connectivity index (χ3v) is 32.7. The predicted molar refractivity (Wildman–Crippen MR) is 470 cm³/mol. The molecular weight excluding hydrogens is 1380 g/mol. The third kappa shape index (κ3) is 14.4. The van der Waals surface area contributed by atoms with E-state index in [-0.39, 0.29) is 0 Å². The van der Waals surface area contributed by atoms with Gasteiger partial charge < -0.3 is 9.80 Å². The molecule has 12 heteroatoms. The normalized spacial score (nSPS) is 37.4. The highest BCUT2D eigenvalue weighted by Gasteiger charge is 2.65. The Hall–Kier alpha value is -6.26. The number of rotatable bonds is 6. The average Bonchev–Trinajstić information content (AvgIpc) is 0.822. The monoisotopic (exact) mass is 1520 g/mol. The molecule has 20 unspecified atom stereocenters. The number of fused-ring (bicyclic) bond motifs is 1. The Bertz CT molecular complexity index is 4190. The third-order valence-electron chi connectivity index (χ3n) is 32.7. The highest BCUT2D eigenvalue weighted by atomic mass is 15.6. The van der Waals surface area contributed by atoms with Gasteiger partial charge in [0, 0.05) is 140 Å². The van der Waals surface area contributed by atoms with Crippen molar-refractivity contribution >= 4 is 17.1 Å². The number of likely N-dealkylation sites (N-methyl/N-ethyl adjacent to an activating group) is 1.